The number of ketones is 2. The highest BCUT2D eigenvalue weighted by atomic mass is 35.5. The summed E-state index contributed by atoms with van der Waals surface area (Å²) in [5.41, 5.74) is 15.5. The van der Waals surface area contributed by atoms with Crippen LogP contribution in [0.5, 0.6) is 0 Å². The Labute approximate surface area is 474 Å². The van der Waals surface area contributed by atoms with E-state index in [1.807, 2.05) is 155 Å². The minimum absolute atomic E-state index is 0. The normalized spacial score (nSPS) is 11.6. The quantitative estimate of drug-likeness (QED) is 0.0504. The number of aryl methyl sites for hydroxylation is 4. The van der Waals surface area contributed by atoms with Crippen molar-refractivity contribution in [2.24, 2.45) is 5.73 Å². The molecule has 0 bridgehead atoms. The monoisotopic (exact) mass is 1100 g/mol. The first-order valence-corrected chi connectivity index (χ1v) is 26.6. The molecule has 2 unspecified atom stereocenters. The number of ether oxygens (including phenoxy) is 3. The number of esters is 2. The molecule has 0 saturated carbocycles. The second kappa shape index (κ2) is 29.8. The molecule has 8 aromatic rings. The summed E-state index contributed by atoms with van der Waals surface area (Å²) in [4.78, 5) is 72.3. The van der Waals surface area contributed by atoms with Crippen LogP contribution >= 0.6 is 23.2 Å². The molecule has 8 rings (SSSR count). The van der Waals surface area contributed by atoms with E-state index in [2.05, 4.69) is 15.3 Å². The van der Waals surface area contributed by atoms with E-state index in [0.29, 0.717) is 17.5 Å². The van der Waals surface area contributed by atoms with Crippen LogP contribution in [0.15, 0.2) is 158 Å². The zero-order valence-corrected chi connectivity index (χ0v) is 46.6. The van der Waals surface area contributed by atoms with Crippen molar-refractivity contribution in [2.75, 3.05) is 18.4 Å². The molecule has 2 heterocycles. The molecule has 1 amide bonds. The Kier molecular flexibility index (Phi) is 23.4. The molecule has 0 radical (unpaired) electrons. The van der Waals surface area contributed by atoms with Gasteiger partial charge in [-0.05, 0) is 128 Å². The Balaban J connectivity index is 0.000000278. The smallest absolute Gasteiger partial charge is 0.407 e. The molecule has 2 aromatic heterocycles. The molecule has 0 fully saturated rings. The molecule has 14 heteroatoms. The lowest BCUT2D eigenvalue weighted by Gasteiger charge is -2.22. The van der Waals surface area contributed by atoms with Crippen LogP contribution < -0.4 is 11.1 Å². The number of hydrogen-bond acceptors (Lipinski definition) is 11. The van der Waals surface area contributed by atoms with Crippen molar-refractivity contribution in [3.63, 3.8) is 0 Å². The highest BCUT2D eigenvalue weighted by Crippen LogP contribution is 2.25. The number of alkyl halides is 2. The molecule has 2 atom stereocenters. The number of benzene rings is 6. The van der Waals surface area contributed by atoms with Gasteiger partial charge in [0.2, 0.25) is 0 Å². The number of rotatable bonds is 17. The van der Waals surface area contributed by atoms with Crippen LogP contribution in [0.4, 0.5) is 4.79 Å². The number of carbonyl (C=O) groups excluding carboxylic acids is 5. The summed E-state index contributed by atoms with van der Waals surface area (Å²) in [6.07, 6.45) is 7.01. The topological polar surface area (TPSA) is 177 Å². The van der Waals surface area contributed by atoms with Gasteiger partial charge < -0.3 is 25.3 Å². The lowest BCUT2D eigenvalue weighted by Crippen LogP contribution is -2.36. The number of amides is 1. The summed E-state index contributed by atoms with van der Waals surface area (Å²) < 4.78 is 16.4. The highest BCUT2D eigenvalue weighted by molar-refractivity contribution is 6.40. The number of fused-ring (bicyclic) bond motifs is 2. The number of alkyl carbamates (subject to hydrolysis) is 1. The number of carbonyl (C=O) groups is 5. The Bertz CT molecular complexity index is 3360. The van der Waals surface area contributed by atoms with Gasteiger partial charge in [0.1, 0.15) is 30.4 Å². The average molecular weight is 1110 g/mol. The third-order valence-corrected chi connectivity index (χ3v) is 12.7. The van der Waals surface area contributed by atoms with Crippen molar-refractivity contribution in [3.8, 4) is 0 Å². The fraction of sp³-hybridized carbons (Fsp3) is 0.277. The predicted molar refractivity (Wildman–Crippen MR) is 316 cm³/mol. The van der Waals surface area contributed by atoms with E-state index < -0.39 is 17.6 Å². The van der Waals surface area contributed by atoms with Crippen molar-refractivity contribution >= 4 is 74.3 Å². The summed E-state index contributed by atoms with van der Waals surface area (Å²) >= 11 is 9.53. The SMILES string of the molecule is C.Cc1ccc(C(=O)OCc2ccc(C(CN)C(=O)Cc3ccc4cnccc4c3)cc2)c(C)c1.Cc1ccc(C(=O)OCc2ccc(C(CNC(=O)OC(C)(C)C)C(=O)Cc3ccc4cnccc4c3)cc2)c(C)c1.ClCCl. The number of halogens is 2. The zero-order valence-electron chi connectivity index (χ0n) is 45.1. The van der Waals surface area contributed by atoms with Gasteiger partial charge in [-0.2, -0.15) is 0 Å². The second-order valence-corrected chi connectivity index (χ2v) is 20.8. The molecule has 0 aliphatic rings. The van der Waals surface area contributed by atoms with Crippen molar-refractivity contribution < 1.29 is 38.2 Å². The van der Waals surface area contributed by atoms with Gasteiger partial charge in [-0.3, -0.25) is 19.6 Å². The van der Waals surface area contributed by atoms with Gasteiger partial charge in [-0.15, -0.1) is 23.2 Å². The van der Waals surface area contributed by atoms with E-state index in [1.54, 1.807) is 51.5 Å². The minimum Gasteiger partial charge on any atom is -0.457 e. The largest absolute Gasteiger partial charge is 0.457 e. The average Bonchev–Trinajstić information content (AvgIpc) is 3.41. The number of nitrogens with zero attached hydrogens (tertiary/aromatic N) is 2. The molecule has 79 heavy (non-hydrogen) atoms. The van der Waals surface area contributed by atoms with Gasteiger partial charge in [0.05, 0.1) is 28.3 Å². The van der Waals surface area contributed by atoms with Gasteiger partial charge in [-0.1, -0.05) is 128 Å². The van der Waals surface area contributed by atoms with E-state index >= 15 is 0 Å². The number of nitrogens with one attached hydrogen (secondary N) is 1. The zero-order chi connectivity index (χ0) is 56.4. The predicted octanol–water partition coefficient (Wildman–Crippen LogP) is 13.7. The minimum atomic E-state index is -0.653. The van der Waals surface area contributed by atoms with Gasteiger partial charge >= 0.3 is 18.0 Å². The van der Waals surface area contributed by atoms with Crippen LogP contribution in [0.2, 0.25) is 0 Å². The van der Waals surface area contributed by atoms with Crippen LogP contribution in [0.3, 0.4) is 0 Å². The lowest BCUT2D eigenvalue weighted by molar-refractivity contribution is -0.120. The van der Waals surface area contributed by atoms with E-state index in [-0.39, 0.29) is 74.9 Å². The van der Waals surface area contributed by atoms with Crippen molar-refractivity contribution in [3.05, 3.63) is 225 Å². The Morgan fingerprint density at radius 3 is 1.35 bits per heavy atom. The first-order valence-electron chi connectivity index (χ1n) is 25.5. The molecular formula is C65H70Cl2N4O8. The number of hydrogen-bond donors (Lipinski definition) is 2. The van der Waals surface area contributed by atoms with Gasteiger partial charge in [0.15, 0.2) is 0 Å². The summed E-state index contributed by atoms with van der Waals surface area (Å²) in [6, 6.07) is 41.8. The molecular weight excluding hydrogens is 1040 g/mol. The van der Waals surface area contributed by atoms with Crippen molar-refractivity contribution in [2.45, 2.75) is 99.4 Å². The van der Waals surface area contributed by atoms with E-state index in [1.165, 1.54) is 0 Å². The summed E-state index contributed by atoms with van der Waals surface area (Å²) in [7, 11) is 0. The fourth-order valence-corrected chi connectivity index (χ4v) is 8.74. The second-order valence-electron chi connectivity index (χ2n) is 20.0. The van der Waals surface area contributed by atoms with Crippen LogP contribution in [-0.2, 0) is 49.9 Å². The molecule has 0 saturated heterocycles. The highest BCUT2D eigenvalue weighted by Gasteiger charge is 2.25. The molecule has 0 aliphatic heterocycles. The van der Waals surface area contributed by atoms with Gasteiger partial charge in [0, 0.05) is 61.5 Å². The third kappa shape index (κ3) is 18.7. The van der Waals surface area contributed by atoms with Crippen LogP contribution in [0.25, 0.3) is 21.5 Å². The standard InChI is InChI=1S/C34H36N2O5.C29H28N2O3.CH2Cl2.CH4/c1-22-6-13-29(23(2)16-22)32(38)40-21-24-7-10-26(11-8-24)30(20-36-33(39)41-34(3,4)5)31(37)18-25-9-12-28-19-35-15-14-27(28)17-25;1-19-3-10-26(20(2)13-19)29(33)34-18-21-4-7-23(8-5-21)27(16-30)28(32)15-22-6-9-25-17-31-12-11-24(25)14-22;2-1-3;/h6-17,19,30H,18,20-21H2,1-5H3,(H,36,39);3-14,17,27H,15-16,18,30H2,1-2H3;1H2;1H4. The van der Waals surface area contributed by atoms with Crippen molar-refractivity contribution in [1.29, 1.82) is 0 Å². The maximum atomic E-state index is 13.6. The third-order valence-electron chi connectivity index (χ3n) is 12.7. The van der Waals surface area contributed by atoms with Crippen LogP contribution in [-0.4, -0.2) is 63.6 Å². The molecule has 0 spiro atoms. The van der Waals surface area contributed by atoms with E-state index in [9.17, 15) is 24.0 Å². The van der Waals surface area contributed by atoms with Gasteiger partial charge in [-0.25, -0.2) is 14.4 Å². The first kappa shape index (κ1) is 62.1. The Hall–Kier alpha value is -7.77. The molecule has 12 nitrogen and oxygen atoms in total. The Morgan fingerprint density at radius 2 is 0.949 bits per heavy atom. The number of aromatic nitrogens is 2. The van der Waals surface area contributed by atoms with Gasteiger partial charge in [0.25, 0.3) is 0 Å². The Morgan fingerprint density at radius 1 is 0.544 bits per heavy atom. The fourth-order valence-electron chi connectivity index (χ4n) is 8.74. The van der Waals surface area contributed by atoms with Crippen LogP contribution in [0, 0.1) is 27.7 Å². The molecule has 3 N–H and O–H groups in total. The maximum absolute atomic E-state index is 13.6. The summed E-state index contributed by atoms with van der Waals surface area (Å²) in [5.74, 6) is -1.68. The van der Waals surface area contributed by atoms with E-state index in [4.69, 9.17) is 43.1 Å². The number of pyridine rings is 2. The van der Waals surface area contributed by atoms with Crippen molar-refractivity contribution in [1.82, 2.24) is 15.3 Å². The molecule has 0 aliphatic carbocycles. The van der Waals surface area contributed by atoms with E-state index in [0.717, 1.165) is 77.2 Å². The maximum Gasteiger partial charge on any atom is 0.407 e. The number of Topliss-reactive ketones (excluding diaryl/α,β-unsaturated/α-hetero) is 2. The molecule has 6 aromatic carbocycles. The number of nitrogens with two attached hydrogens (primary N) is 1. The lowest BCUT2D eigenvalue weighted by atomic mass is 9.90. The molecule has 412 valence electrons. The summed E-state index contributed by atoms with van der Waals surface area (Å²) in [5, 5.41) is 7.06. The van der Waals surface area contributed by atoms with Crippen LogP contribution in [0.1, 0.15) is 116 Å². The first-order chi connectivity index (χ1) is 37.3. The summed E-state index contributed by atoms with van der Waals surface area (Å²) in [6.45, 7) is 13.7.